The third-order valence-corrected chi connectivity index (χ3v) is 6.28. The number of unbranched alkanes of at least 4 members (excludes halogenated alkanes) is 3. The van der Waals surface area contributed by atoms with Crippen LogP contribution in [0, 0.1) is 0 Å². The SMILES string of the molecule is CCCCCCNCCN1[C@@H]2CC[C@H]1CC(c1cccc(C(N)=O)c1)C2. The first kappa shape index (κ1) is 19.4. The highest BCUT2D eigenvalue weighted by molar-refractivity contribution is 5.92. The van der Waals surface area contributed by atoms with E-state index in [0.717, 1.165) is 13.1 Å². The maximum atomic E-state index is 11.5. The molecule has 2 aliphatic rings. The van der Waals surface area contributed by atoms with Gasteiger partial charge in [-0.25, -0.2) is 0 Å². The first-order valence-electron chi connectivity index (χ1n) is 10.5. The van der Waals surface area contributed by atoms with E-state index in [1.54, 1.807) is 0 Å². The van der Waals surface area contributed by atoms with Crippen LogP contribution in [-0.4, -0.2) is 42.5 Å². The largest absolute Gasteiger partial charge is 0.366 e. The van der Waals surface area contributed by atoms with E-state index in [-0.39, 0.29) is 5.91 Å². The Hall–Kier alpha value is -1.39. The summed E-state index contributed by atoms with van der Waals surface area (Å²) in [6.45, 7) is 5.71. The van der Waals surface area contributed by atoms with Crippen LogP contribution >= 0.6 is 0 Å². The van der Waals surface area contributed by atoms with E-state index in [9.17, 15) is 4.79 Å². The summed E-state index contributed by atoms with van der Waals surface area (Å²) in [4.78, 5) is 14.2. The number of carbonyl (C=O) groups excluding carboxylic acids is 1. The van der Waals surface area contributed by atoms with Crippen LogP contribution in [-0.2, 0) is 0 Å². The maximum absolute atomic E-state index is 11.5. The Labute approximate surface area is 158 Å². The molecule has 3 rings (SSSR count). The first-order chi connectivity index (χ1) is 12.7. The summed E-state index contributed by atoms with van der Waals surface area (Å²) in [5.74, 6) is 0.252. The number of nitrogens with zero attached hydrogens (tertiary/aromatic N) is 1. The lowest BCUT2D eigenvalue weighted by atomic mass is 9.84. The summed E-state index contributed by atoms with van der Waals surface area (Å²) in [6.07, 6.45) is 10.4. The van der Waals surface area contributed by atoms with E-state index in [4.69, 9.17) is 5.73 Å². The van der Waals surface area contributed by atoms with Gasteiger partial charge in [0, 0.05) is 30.7 Å². The number of nitrogens with one attached hydrogen (secondary N) is 1. The molecule has 144 valence electrons. The van der Waals surface area contributed by atoms with Gasteiger partial charge in [-0.3, -0.25) is 9.69 Å². The number of hydrogen-bond acceptors (Lipinski definition) is 3. The van der Waals surface area contributed by atoms with Gasteiger partial charge < -0.3 is 11.1 Å². The number of carbonyl (C=O) groups is 1. The van der Waals surface area contributed by atoms with Gasteiger partial charge in [-0.1, -0.05) is 38.3 Å². The number of rotatable bonds is 10. The van der Waals surface area contributed by atoms with E-state index in [1.165, 1.54) is 63.5 Å². The molecule has 1 aromatic carbocycles. The van der Waals surface area contributed by atoms with Gasteiger partial charge >= 0.3 is 0 Å². The molecule has 0 radical (unpaired) electrons. The van der Waals surface area contributed by atoms with Crippen LogP contribution in [0.25, 0.3) is 0 Å². The van der Waals surface area contributed by atoms with E-state index >= 15 is 0 Å². The van der Waals surface area contributed by atoms with Gasteiger partial charge in [0.1, 0.15) is 0 Å². The molecule has 2 saturated heterocycles. The summed E-state index contributed by atoms with van der Waals surface area (Å²) in [5, 5.41) is 3.63. The standard InChI is InChI=1S/C22H35N3O/c1-2-3-4-5-11-24-12-13-25-20-9-10-21(25)16-19(15-20)17-7-6-8-18(14-17)22(23)26/h6-8,14,19-21,24H,2-5,9-13,15-16H2,1H3,(H2,23,26)/t19?,20-,21+. The van der Waals surface area contributed by atoms with Crippen molar-refractivity contribution in [3.8, 4) is 0 Å². The monoisotopic (exact) mass is 357 g/mol. The van der Waals surface area contributed by atoms with Crippen molar-refractivity contribution in [2.24, 2.45) is 5.73 Å². The Morgan fingerprint density at radius 2 is 1.92 bits per heavy atom. The number of benzene rings is 1. The van der Waals surface area contributed by atoms with Crippen molar-refractivity contribution < 1.29 is 4.79 Å². The fourth-order valence-corrected chi connectivity index (χ4v) is 4.87. The Morgan fingerprint density at radius 1 is 1.15 bits per heavy atom. The average Bonchev–Trinajstić information content (AvgIpc) is 2.88. The molecule has 2 aliphatic heterocycles. The molecule has 2 heterocycles. The molecule has 1 unspecified atom stereocenters. The molecular weight excluding hydrogens is 322 g/mol. The van der Waals surface area contributed by atoms with Gasteiger partial charge in [-0.05, 0) is 62.3 Å². The van der Waals surface area contributed by atoms with Crippen molar-refractivity contribution in [3.05, 3.63) is 35.4 Å². The normalized spacial score (nSPS) is 25.5. The van der Waals surface area contributed by atoms with E-state index < -0.39 is 0 Å². The molecule has 2 fully saturated rings. The van der Waals surface area contributed by atoms with Crippen molar-refractivity contribution in [2.75, 3.05) is 19.6 Å². The Kier molecular flexibility index (Phi) is 7.09. The molecule has 0 aliphatic carbocycles. The lowest BCUT2D eigenvalue weighted by Crippen LogP contribution is -2.45. The quantitative estimate of drug-likeness (QED) is 0.628. The zero-order valence-electron chi connectivity index (χ0n) is 16.3. The third-order valence-electron chi connectivity index (χ3n) is 6.28. The number of piperidine rings is 1. The topological polar surface area (TPSA) is 58.4 Å². The van der Waals surface area contributed by atoms with Crippen molar-refractivity contribution in [1.82, 2.24) is 10.2 Å². The Bertz CT molecular complexity index is 575. The highest BCUT2D eigenvalue weighted by atomic mass is 16.1. The second-order valence-corrected chi connectivity index (χ2v) is 8.09. The highest BCUT2D eigenvalue weighted by Gasteiger charge is 2.40. The van der Waals surface area contributed by atoms with Crippen molar-refractivity contribution >= 4 is 5.91 Å². The summed E-state index contributed by atoms with van der Waals surface area (Å²) in [7, 11) is 0. The van der Waals surface area contributed by atoms with Gasteiger partial charge in [-0.2, -0.15) is 0 Å². The van der Waals surface area contributed by atoms with Gasteiger partial charge in [0.2, 0.25) is 5.91 Å². The fourth-order valence-electron chi connectivity index (χ4n) is 4.87. The zero-order valence-corrected chi connectivity index (χ0v) is 16.3. The van der Waals surface area contributed by atoms with Crippen LogP contribution in [0.1, 0.15) is 80.1 Å². The Balaban J connectivity index is 1.47. The fraction of sp³-hybridized carbons (Fsp3) is 0.682. The lowest BCUT2D eigenvalue weighted by molar-refractivity contribution is 0.1000. The predicted octanol–water partition coefficient (Wildman–Crippen LogP) is 3.67. The molecular formula is C22H35N3O. The molecule has 0 aromatic heterocycles. The molecule has 1 aromatic rings. The average molecular weight is 358 g/mol. The number of primary amides is 1. The van der Waals surface area contributed by atoms with Crippen LogP contribution in [0.15, 0.2) is 24.3 Å². The van der Waals surface area contributed by atoms with Crippen LogP contribution in [0.3, 0.4) is 0 Å². The molecule has 0 spiro atoms. The van der Waals surface area contributed by atoms with Gasteiger partial charge in [0.25, 0.3) is 0 Å². The number of hydrogen-bond donors (Lipinski definition) is 2. The number of amides is 1. The second-order valence-electron chi connectivity index (χ2n) is 8.09. The minimum absolute atomic E-state index is 0.322. The molecule has 4 heteroatoms. The lowest BCUT2D eigenvalue weighted by Gasteiger charge is -2.39. The summed E-state index contributed by atoms with van der Waals surface area (Å²) >= 11 is 0. The van der Waals surface area contributed by atoms with Crippen LogP contribution in [0.4, 0.5) is 0 Å². The van der Waals surface area contributed by atoms with Crippen molar-refractivity contribution in [2.45, 2.75) is 76.3 Å². The third kappa shape index (κ3) is 4.86. The maximum Gasteiger partial charge on any atom is 0.248 e. The van der Waals surface area contributed by atoms with Gasteiger partial charge in [-0.15, -0.1) is 0 Å². The minimum atomic E-state index is -0.322. The second kappa shape index (κ2) is 9.52. The molecule has 2 bridgehead atoms. The first-order valence-corrected chi connectivity index (χ1v) is 10.5. The molecule has 3 N–H and O–H groups in total. The van der Waals surface area contributed by atoms with Crippen molar-refractivity contribution in [3.63, 3.8) is 0 Å². The summed E-state index contributed by atoms with van der Waals surface area (Å²) in [6, 6.07) is 9.40. The minimum Gasteiger partial charge on any atom is -0.366 e. The molecule has 0 saturated carbocycles. The van der Waals surface area contributed by atoms with Crippen LogP contribution < -0.4 is 11.1 Å². The highest BCUT2D eigenvalue weighted by Crippen LogP contribution is 2.42. The Morgan fingerprint density at radius 3 is 2.62 bits per heavy atom. The van der Waals surface area contributed by atoms with Crippen LogP contribution in [0.5, 0.6) is 0 Å². The predicted molar refractivity (Wildman–Crippen MR) is 107 cm³/mol. The smallest absolute Gasteiger partial charge is 0.248 e. The zero-order chi connectivity index (χ0) is 18.4. The van der Waals surface area contributed by atoms with E-state index in [1.807, 2.05) is 18.2 Å². The van der Waals surface area contributed by atoms with Crippen molar-refractivity contribution in [1.29, 1.82) is 0 Å². The number of nitrogens with two attached hydrogens (primary N) is 1. The molecule has 3 atom stereocenters. The summed E-state index contributed by atoms with van der Waals surface area (Å²) < 4.78 is 0. The molecule has 26 heavy (non-hydrogen) atoms. The van der Waals surface area contributed by atoms with Gasteiger partial charge in [0.15, 0.2) is 0 Å². The number of fused-ring (bicyclic) bond motifs is 2. The van der Waals surface area contributed by atoms with Crippen LogP contribution in [0.2, 0.25) is 0 Å². The van der Waals surface area contributed by atoms with Gasteiger partial charge in [0.05, 0.1) is 0 Å². The van der Waals surface area contributed by atoms with E-state index in [0.29, 0.717) is 23.6 Å². The molecule has 4 nitrogen and oxygen atoms in total. The summed E-state index contributed by atoms with van der Waals surface area (Å²) in [5.41, 5.74) is 7.39. The molecule has 1 amide bonds. The van der Waals surface area contributed by atoms with E-state index in [2.05, 4.69) is 23.2 Å².